The van der Waals surface area contributed by atoms with Crippen molar-refractivity contribution in [3.63, 3.8) is 0 Å². The predicted molar refractivity (Wildman–Crippen MR) is 108 cm³/mol. The number of hydrogen-bond acceptors (Lipinski definition) is 1. The number of benzene rings is 1. The maximum atomic E-state index is 11.9. The molecule has 2 rings (SSSR count). The molecule has 0 saturated carbocycles. The number of halogens is 1. The summed E-state index contributed by atoms with van der Waals surface area (Å²) in [7, 11) is 0. The predicted octanol–water partition coefficient (Wildman–Crippen LogP) is 3.12. The number of carbonyl (C=O) groups is 1. The minimum Gasteiger partial charge on any atom is -1.00 e. The molecule has 1 atom stereocenters. The second-order valence-electron chi connectivity index (χ2n) is 6.03. The molecule has 25 heavy (non-hydrogen) atoms. The van der Waals surface area contributed by atoms with Gasteiger partial charge >= 0.3 is 23.1 Å². The molecular weight excluding hydrogens is 386 g/mol. The quantitative estimate of drug-likeness (QED) is 0.451. The van der Waals surface area contributed by atoms with Gasteiger partial charge in [-0.15, -0.1) is 0 Å². The van der Waals surface area contributed by atoms with E-state index in [-0.39, 0.29) is 45.8 Å². The molecule has 2 aromatic rings. The summed E-state index contributed by atoms with van der Waals surface area (Å²) < 4.78 is 0. The Morgan fingerprint density at radius 3 is 2.20 bits per heavy atom. The number of Topliss-reactive ketones (excluding diaryl/α,β-unsaturated/α-hetero) is 1. The van der Waals surface area contributed by atoms with Gasteiger partial charge in [0.05, 0.1) is 0 Å². The molecule has 0 bridgehead atoms. The first kappa shape index (κ1) is 29.4. The molecule has 1 unspecified atom stereocenters. The van der Waals surface area contributed by atoms with Gasteiger partial charge in [0.1, 0.15) is 0 Å². The Morgan fingerprint density at radius 2 is 1.72 bits per heavy atom. The Bertz CT molecular complexity index is 564. The maximum Gasteiger partial charge on any atom is 2.00 e. The van der Waals surface area contributed by atoms with E-state index in [1.54, 1.807) is 0 Å². The van der Waals surface area contributed by atoms with Crippen molar-refractivity contribution < 1.29 is 21.8 Å². The van der Waals surface area contributed by atoms with E-state index >= 15 is 0 Å². The first-order valence-electron chi connectivity index (χ1n) is 8.66. The summed E-state index contributed by atoms with van der Waals surface area (Å²) in [6.45, 7) is 17.6. The summed E-state index contributed by atoms with van der Waals surface area (Å²) in [4.78, 5) is 15.0. The smallest absolute Gasteiger partial charge is 1.00 e. The first-order valence-corrected chi connectivity index (χ1v) is 8.66. The molecule has 0 saturated heterocycles. The van der Waals surface area contributed by atoms with Gasteiger partial charge in [-0.2, -0.15) is 0 Å². The van der Waals surface area contributed by atoms with Crippen molar-refractivity contribution in [2.24, 2.45) is 11.8 Å². The van der Waals surface area contributed by atoms with Gasteiger partial charge in [0.25, 0.3) is 0 Å². The van der Waals surface area contributed by atoms with E-state index in [0.717, 1.165) is 29.3 Å². The number of hydrogen-bond donors (Lipinski definition) is 1. The molecule has 0 amide bonds. The topological polar surface area (TPSA) is 32.9 Å². The fraction of sp³-hybridized carbons (Fsp3) is 0.476. The van der Waals surface area contributed by atoms with Crippen LogP contribution in [0.25, 0.3) is 10.9 Å². The zero-order valence-electron chi connectivity index (χ0n) is 16.6. The molecule has 0 aliphatic heterocycles. The number of aromatic nitrogens is 1. The summed E-state index contributed by atoms with van der Waals surface area (Å²) in [6, 6.07) is 7.84. The molecule has 138 valence electrons. The van der Waals surface area contributed by atoms with Crippen LogP contribution >= 0.6 is 0 Å². The summed E-state index contributed by atoms with van der Waals surface area (Å²) >= 11 is 0. The van der Waals surface area contributed by atoms with E-state index in [4.69, 9.17) is 0 Å². The third-order valence-electron chi connectivity index (χ3n) is 3.32. The van der Waals surface area contributed by atoms with Crippen molar-refractivity contribution in [2.75, 3.05) is 0 Å². The van der Waals surface area contributed by atoms with Crippen LogP contribution in [0, 0.1) is 25.7 Å². The average molecular weight is 420 g/mol. The summed E-state index contributed by atoms with van der Waals surface area (Å²) in [5.74, 6) is 1.35. The van der Waals surface area contributed by atoms with Gasteiger partial charge in [-0.3, -0.25) is 4.79 Å². The van der Waals surface area contributed by atoms with Gasteiger partial charge in [-0.05, 0) is 36.6 Å². The number of rotatable bonds is 5. The van der Waals surface area contributed by atoms with Gasteiger partial charge in [0.15, 0.2) is 5.78 Å². The van der Waals surface area contributed by atoms with E-state index in [9.17, 15) is 4.79 Å². The van der Waals surface area contributed by atoms with Crippen LogP contribution in [0.2, 0.25) is 0 Å². The number of H-pyrrole nitrogens is 1. The minimum atomic E-state index is 0. The van der Waals surface area contributed by atoms with E-state index in [1.807, 2.05) is 51.2 Å². The van der Waals surface area contributed by atoms with E-state index in [1.165, 1.54) is 0 Å². The van der Waals surface area contributed by atoms with E-state index < -0.39 is 0 Å². The second kappa shape index (κ2) is 17.1. The number of fused-ring (bicyclic) bond motifs is 1. The van der Waals surface area contributed by atoms with Crippen LogP contribution in [0.3, 0.4) is 0 Å². The van der Waals surface area contributed by atoms with Crippen LogP contribution in [-0.2, 0) is 0 Å². The molecular formula is C21H33BrMgNO-. The molecule has 4 heteroatoms. The molecule has 0 spiro atoms. The third kappa shape index (κ3) is 12.6. The normalized spacial score (nSPS) is 10.4. The molecule has 1 aromatic carbocycles. The zero-order chi connectivity index (χ0) is 17.8. The second-order valence-corrected chi connectivity index (χ2v) is 6.03. The molecule has 1 heterocycles. The molecule has 2 nitrogen and oxygen atoms in total. The average Bonchev–Trinajstić information content (AvgIpc) is 3.02. The largest absolute Gasteiger partial charge is 2.00 e. The molecule has 0 fully saturated rings. The number of ketones is 1. The van der Waals surface area contributed by atoms with Crippen LogP contribution in [0.5, 0.6) is 0 Å². The van der Waals surface area contributed by atoms with Crippen LogP contribution in [0.1, 0.15) is 64.2 Å². The van der Waals surface area contributed by atoms with Gasteiger partial charge in [-0.25, -0.2) is 12.3 Å². The fourth-order valence-electron chi connectivity index (χ4n) is 1.79. The van der Waals surface area contributed by atoms with E-state index in [0.29, 0.717) is 18.3 Å². The zero-order valence-corrected chi connectivity index (χ0v) is 19.6. The summed E-state index contributed by atoms with van der Waals surface area (Å²) in [6.07, 6.45) is 4.45. The van der Waals surface area contributed by atoms with Crippen LogP contribution in [-0.4, -0.2) is 33.8 Å². The number of carbonyl (C=O) groups excluding carboxylic acids is 1. The number of nitrogens with one attached hydrogen (secondary N) is 1. The van der Waals surface area contributed by atoms with Crippen LogP contribution in [0.15, 0.2) is 30.5 Å². The summed E-state index contributed by atoms with van der Waals surface area (Å²) in [5, 5.41) is 1.11. The molecule has 0 aliphatic carbocycles. The van der Waals surface area contributed by atoms with Gasteiger partial charge in [-0.1, -0.05) is 34.6 Å². The molecule has 1 N–H and O–H groups in total. The minimum absolute atomic E-state index is 0. The van der Waals surface area contributed by atoms with Crippen molar-refractivity contribution >= 4 is 39.7 Å². The van der Waals surface area contributed by atoms with Crippen molar-refractivity contribution in [1.82, 2.24) is 4.98 Å². The Hall–Kier alpha value is -0.324. The van der Waals surface area contributed by atoms with Crippen molar-refractivity contribution in [3.05, 3.63) is 49.9 Å². The van der Waals surface area contributed by atoms with Crippen molar-refractivity contribution in [1.29, 1.82) is 0 Å². The molecule has 0 radical (unpaired) electrons. The Labute approximate surface area is 181 Å². The standard InChI is InChI=1S/C14H17NO.C5H10.C2H6.BrH.Mg/c1-10(2)3-6-14(16)12-4-5-13-11(9-12)7-8-15-13;1-4-5(2)3;1-2;;/h4-5,7-10,15H,3,6H2,1-2H3;5H,1-2,4H2,3H3;1-2H3;1H;/q;-2;;;+2/p-1. The van der Waals surface area contributed by atoms with Crippen molar-refractivity contribution in [2.45, 2.75) is 53.9 Å². The molecule has 0 aliphatic rings. The van der Waals surface area contributed by atoms with Crippen molar-refractivity contribution in [3.8, 4) is 0 Å². The van der Waals surface area contributed by atoms with Crippen LogP contribution in [0.4, 0.5) is 0 Å². The fourth-order valence-corrected chi connectivity index (χ4v) is 1.79. The Balaban J connectivity index is -0.000000469. The number of aromatic amines is 1. The van der Waals surface area contributed by atoms with E-state index in [2.05, 4.69) is 32.7 Å². The van der Waals surface area contributed by atoms with Crippen LogP contribution < -0.4 is 17.0 Å². The van der Waals surface area contributed by atoms with Gasteiger partial charge in [0.2, 0.25) is 0 Å². The Morgan fingerprint density at radius 1 is 1.16 bits per heavy atom. The Kier molecular flexibility index (Phi) is 20.1. The first-order chi connectivity index (χ1) is 10.9. The van der Waals surface area contributed by atoms with Gasteiger partial charge < -0.3 is 35.8 Å². The third-order valence-corrected chi connectivity index (χ3v) is 3.32. The van der Waals surface area contributed by atoms with Gasteiger partial charge in [0, 0.05) is 29.1 Å². The SMILES string of the molecule is CC.CC(C)CCC(=O)c1ccc2[nH]ccc2c1.[Br-].[CH2-]CC([CH2-])C.[Mg+2]. The summed E-state index contributed by atoms with van der Waals surface area (Å²) in [5.41, 5.74) is 1.91. The molecule has 1 aromatic heterocycles. The maximum absolute atomic E-state index is 11.9. The monoisotopic (exact) mass is 418 g/mol.